The van der Waals surface area contributed by atoms with E-state index in [1.165, 1.54) is 7.11 Å². The summed E-state index contributed by atoms with van der Waals surface area (Å²) in [5.41, 5.74) is 1.27. The van der Waals surface area contributed by atoms with Crippen LogP contribution < -0.4 is 10.1 Å². The molecule has 3 aromatic rings. The van der Waals surface area contributed by atoms with E-state index in [0.717, 1.165) is 27.4 Å². The van der Waals surface area contributed by atoms with Gasteiger partial charge in [-0.2, -0.15) is 0 Å². The second kappa shape index (κ2) is 10.2. The molecule has 172 valence electrons. The first-order valence-electron chi connectivity index (χ1n) is 10.3. The van der Waals surface area contributed by atoms with Gasteiger partial charge in [-0.25, -0.2) is 4.79 Å². The van der Waals surface area contributed by atoms with Gasteiger partial charge in [-0.05, 0) is 47.0 Å². The highest BCUT2D eigenvalue weighted by molar-refractivity contribution is 8.18. The summed E-state index contributed by atoms with van der Waals surface area (Å²) in [5, 5.41) is 4.11. The molecule has 0 saturated carbocycles. The van der Waals surface area contributed by atoms with Crippen molar-refractivity contribution in [1.82, 2.24) is 4.90 Å². The number of benzene rings is 3. The summed E-state index contributed by atoms with van der Waals surface area (Å²) in [4.78, 5) is 50.1. The minimum absolute atomic E-state index is 0.213. The fraction of sp³-hybridized carbons (Fsp3) is 0.120. The summed E-state index contributed by atoms with van der Waals surface area (Å²) in [6, 6.07) is 19.8. The number of fused-ring (bicyclic) bond motifs is 1. The molecule has 0 spiro atoms. The average molecular weight is 477 g/mol. The van der Waals surface area contributed by atoms with Gasteiger partial charge >= 0.3 is 5.97 Å². The molecule has 0 atom stereocenters. The Hall–Kier alpha value is -4.11. The molecule has 1 N–H and O–H groups in total. The predicted octanol–water partition coefficient (Wildman–Crippen LogP) is 4.07. The summed E-state index contributed by atoms with van der Waals surface area (Å²) >= 11 is 0.775. The lowest BCUT2D eigenvalue weighted by molar-refractivity contribution is -0.142. The maximum Gasteiger partial charge on any atom is 0.343 e. The first-order chi connectivity index (χ1) is 16.4. The highest BCUT2D eigenvalue weighted by Crippen LogP contribution is 2.32. The van der Waals surface area contributed by atoms with Crippen LogP contribution in [0.2, 0.25) is 0 Å². The number of thioether (sulfide) groups is 1. The molecule has 0 aliphatic carbocycles. The lowest BCUT2D eigenvalue weighted by atomic mass is 10.1. The maximum atomic E-state index is 12.8. The van der Waals surface area contributed by atoms with E-state index in [0.29, 0.717) is 17.0 Å². The zero-order valence-corrected chi connectivity index (χ0v) is 19.0. The molecule has 8 nitrogen and oxygen atoms in total. The quantitative estimate of drug-likeness (QED) is 0.405. The van der Waals surface area contributed by atoms with Crippen molar-refractivity contribution in [2.45, 2.75) is 0 Å². The predicted molar refractivity (Wildman–Crippen MR) is 129 cm³/mol. The fourth-order valence-corrected chi connectivity index (χ4v) is 4.16. The lowest BCUT2D eigenvalue weighted by Gasteiger charge is -2.13. The molecule has 1 saturated heterocycles. The first kappa shape index (κ1) is 23.1. The van der Waals surface area contributed by atoms with E-state index in [1.807, 2.05) is 36.4 Å². The Kier molecular flexibility index (Phi) is 6.93. The zero-order chi connectivity index (χ0) is 24.1. The SMILES string of the molecule is COC(=O)COc1ccc(/C=C2\SC(=O)N(CC(=O)Nc3cccc4ccccc34)C2=O)cc1. The standard InChI is InChI=1S/C25H20N2O6S/c1-32-23(29)15-33-18-11-9-16(10-12-18)13-21-24(30)27(25(31)34-21)14-22(28)26-20-8-4-6-17-5-2-3-7-19(17)20/h2-13H,14-15H2,1H3,(H,26,28)/b21-13-. The summed E-state index contributed by atoms with van der Waals surface area (Å²) in [6.45, 7) is -0.596. The van der Waals surface area contributed by atoms with Crippen LogP contribution in [-0.2, 0) is 19.1 Å². The zero-order valence-electron chi connectivity index (χ0n) is 18.1. The van der Waals surface area contributed by atoms with Crippen LogP contribution in [0.25, 0.3) is 16.8 Å². The number of amides is 3. The van der Waals surface area contributed by atoms with Crippen LogP contribution in [0.3, 0.4) is 0 Å². The van der Waals surface area contributed by atoms with Crippen LogP contribution in [-0.4, -0.2) is 48.2 Å². The normalized spacial score (nSPS) is 14.5. The van der Waals surface area contributed by atoms with E-state index in [2.05, 4.69) is 10.1 Å². The lowest BCUT2D eigenvalue weighted by Crippen LogP contribution is -2.36. The van der Waals surface area contributed by atoms with Crippen molar-refractivity contribution < 1.29 is 28.7 Å². The molecule has 0 radical (unpaired) electrons. The Labute approximate surface area is 199 Å². The number of hydrogen-bond acceptors (Lipinski definition) is 7. The molecular weight excluding hydrogens is 456 g/mol. The molecule has 3 amide bonds. The Morgan fingerprint density at radius 2 is 1.74 bits per heavy atom. The van der Waals surface area contributed by atoms with Gasteiger partial charge < -0.3 is 14.8 Å². The third-order valence-electron chi connectivity index (χ3n) is 5.00. The second-order valence-corrected chi connectivity index (χ2v) is 8.27. The van der Waals surface area contributed by atoms with E-state index in [-0.39, 0.29) is 18.1 Å². The molecular formula is C25H20N2O6S. The molecule has 3 aromatic carbocycles. The molecule has 1 aliphatic rings. The molecule has 34 heavy (non-hydrogen) atoms. The van der Waals surface area contributed by atoms with Gasteiger partial charge in [0.1, 0.15) is 12.3 Å². The number of carbonyl (C=O) groups excluding carboxylic acids is 4. The van der Waals surface area contributed by atoms with Gasteiger partial charge in [-0.1, -0.05) is 48.5 Å². The van der Waals surface area contributed by atoms with E-state index >= 15 is 0 Å². The number of nitrogens with zero attached hydrogens (tertiary/aromatic N) is 1. The molecule has 0 unspecified atom stereocenters. The third-order valence-corrected chi connectivity index (χ3v) is 5.91. The second-order valence-electron chi connectivity index (χ2n) is 7.28. The van der Waals surface area contributed by atoms with Gasteiger partial charge in [0.15, 0.2) is 6.61 Å². The van der Waals surface area contributed by atoms with E-state index in [9.17, 15) is 19.2 Å². The average Bonchev–Trinajstić information content (AvgIpc) is 3.10. The van der Waals surface area contributed by atoms with Crippen molar-refractivity contribution in [3.05, 3.63) is 77.2 Å². The number of ether oxygens (including phenoxy) is 2. The summed E-state index contributed by atoms with van der Waals surface area (Å²) < 4.78 is 9.80. The number of rotatable bonds is 7. The van der Waals surface area contributed by atoms with Crippen molar-refractivity contribution in [2.24, 2.45) is 0 Å². The summed E-state index contributed by atoms with van der Waals surface area (Å²) in [5.74, 6) is -1.04. The van der Waals surface area contributed by atoms with Crippen LogP contribution in [0.15, 0.2) is 71.6 Å². The smallest absolute Gasteiger partial charge is 0.343 e. The highest BCUT2D eigenvalue weighted by Gasteiger charge is 2.36. The molecule has 4 rings (SSSR count). The molecule has 1 fully saturated rings. The van der Waals surface area contributed by atoms with Crippen molar-refractivity contribution in [1.29, 1.82) is 0 Å². The van der Waals surface area contributed by atoms with Gasteiger partial charge in [0.25, 0.3) is 11.1 Å². The molecule has 0 aromatic heterocycles. The molecule has 9 heteroatoms. The molecule has 0 bridgehead atoms. The fourth-order valence-electron chi connectivity index (χ4n) is 3.32. The van der Waals surface area contributed by atoms with Crippen LogP contribution in [0.4, 0.5) is 10.5 Å². The Morgan fingerprint density at radius 3 is 2.50 bits per heavy atom. The monoisotopic (exact) mass is 476 g/mol. The van der Waals surface area contributed by atoms with E-state index in [1.54, 1.807) is 36.4 Å². The summed E-state index contributed by atoms with van der Waals surface area (Å²) in [6.07, 6.45) is 1.57. The minimum Gasteiger partial charge on any atom is -0.482 e. The van der Waals surface area contributed by atoms with Gasteiger partial charge in [-0.15, -0.1) is 0 Å². The van der Waals surface area contributed by atoms with Crippen molar-refractivity contribution >= 4 is 57.3 Å². The number of anilines is 1. The maximum absolute atomic E-state index is 12.8. The number of carbonyl (C=O) groups is 4. The number of methoxy groups -OCH3 is 1. The Balaban J connectivity index is 1.40. The Bertz CT molecular complexity index is 1300. The number of imide groups is 1. The topological polar surface area (TPSA) is 102 Å². The van der Waals surface area contributed by atoms with Gasteiger partial charge in [0.05, 0.1) is 12.0 Å². The molecule has 1 heterocycles. The highest BCUT2D eigenvalue weighted by atomic mass is 32.2. The van der Waals surface area contributed by atoms with Gasteiger partial charge in [0.2, 0.25) is 5.91 Å². The van der Waals surface area contributed by atoms with Crippen LogP contribution in [0.5, 0.6) is 5.75 Å². The number of hydrogen-bond donors (Lipinski definition) is 1. The number of nitrogens with one attached hydrogen (secondary N) is 1. The number of esters is 1. The van der Waals surface area contributed by atoms with Crippen LogP contribution >= 0.6 is 11.8 Å². The van der Waals surface area contributed by atoms with Crippen molar-refractivity contribution in [2.75, 3.05) is 25.6 Å². The van der Waals surface area contributed by atoms with Crippen molar-refractivity contribution in [3.63, 3.8) is 0 Å². The molecule has 1 aliphatic heterocycles. The minimum atomic E-state index is -0.533. The first-order valence-corrected chi connectivity index (χ1v) is 11.1. The Morgan fingerprint density at radius 1 is 1.00 bits per heavy atom. The van der Waals surface area contributed by atoms with Crippen LogP contribution in [0.1, 0.15) is 5.56 Å². The van der Waals surface area contributed by atoms with Crippen molar-refractivity contribution in [3.8, 4) is 5.75 Å². The van der Waals surface area contributed by atoms with E-state index in [4.69, 9.17) is 4.74 Å². The van der Waals surface area contributed by atoms with Gasteiger partial charge in [0, 0.05) is 11.1 Å². The van der Waals surface area contributed by atoms with E-state index < -0.39 is 23.0 Å². The van der Waals surface area contributed by atoms with Gasteiger partial charge in [-0.3, -0.25) is 19.3 Å². The van der Waals surface area contributed by atoms with Crippen LogP contribution in [0, 0.1) is 0 Å². The third kappa shape index (κ3) is 5.26. The largest absolute Gasteiger partial charge is 0.482 e. The summed E-state index contributed by atoms with van der Waals surface area (Å²) in [7, 11) is 1.27.